The predicted molar refractivity (Wildman–Crippen MR) is 161 cm³/mol. The maximum absolute atomic E-state index is 13.6. The highest BCUT2D eigenvalue weighted by molar-refractivity contribution is 7.79. The third-order valence-electron chi connectivity index (χ3n) is 7.45. The molecule has 4 aromatic heterocycles. The first kappa shape index (κ1) is 32.6. The van der Waals surface area contributed by atoms with Gasteiger partial charge in [-0.2, -0.15) is 4.98 Å². The molecule has 2 aliphatic heterocycles. The number of rotatable bonds is 12. The van der Waals surface area contributed by atoms with Gasteiger partial charge in [0, 0.05) is 6.51 Å². The van der Waals surface area contributed by atoms with Gasteiger partial charge in [0.15, 0.2) is 35.1 Å². The lowest BCUT2D eigenvalue weighted by Gasteiger charge is -2.26. The topological polar surface area (TPSA) is 289 Å². The van der Waals surface area contributed by atoms with E-state index in [9.17, 15) is 24.1 Å². The third-order valence-corrected chi connectivity index (χ3v) is 8.94. The van der Waals surface area contributed by atoms with Gasteiger partial charge in [-0.15, -0.1) is 0 Å². The highest BCUT2D eigenvalue weighted by Gasteiger charge is 2.50. The normalized spacial score (nSPS) is 29.6. The molecule has 0 saturated carbocycles. The molecule has 2 fully saturated rings. The summed E-state index contributed by atoms with van der Waals surface area (Å²) in [4.78, 5) is 35.1. The van der Waals surface area contributed by atoms with Crippen molar-refractivity contribution in [1.29, 1.82) is 0 Å². The average molecular weight is 680 g/mol. The van der Waals surface area contributed by atoms with Gasteiger partial charge >= 0.3 is 8.69 Å². The lowest BCUT2D eigenvalue weighted by Crippen LogP contribution is -2.37. The van der Waals surface area contributed by atoms with Crippen molar-refractivity contribution in [2.75, 3.05) is 31.2 Å². The van der Waals surface area contributed by atoms with Gasteiger partial charge in [-0.25, -0.2) is 24.5 Å². The molecule has 2 saturated heterocycles. The van der Waals surface area contributed by atoms with Crippen LogP contribution in [0.2, 0.25) is 0 Å². The van der Waals surface area contributed by atoms with Crippen molar-refractivity contribution in [3.63, 3.8) is 0 Å². The van der Waals surface area contributed by atoms with Gasteiger partial charge in [-0.05, 0) is 0 Å². The quantitative estimate of drug-likeness (QED) is 0.0735. The molecule has 2 aliphatic rings. The van der Waals surface area contributed by atoms with Gasteiger partial charge in [0.25, 0.3) is 20.6 Å². The summed E-state index contributed by atoms with van der Waals surface area (Å²) in [6, 6.07) is 0. The second kappa shape index (κ2) is 13.0. The largest absolute Gasteiger partial charge is 0.387 e. The smallest absolute Gasteiger partial charge is 0.327 e. The Morgan fingerprint density at radius 3 is 2.46 bits per heavy atom. The molecule has 6 heterocycles. The number of aliphatic hydroxyl groups excluding tert-OH is 2. The van der Waals surface area contributed by atoms with Crippen LogP contribution in [0.25, 0.3) is 22.3 Å². The molecule has 0 bridgehead atoms. The first-order chi connectivity index (χ1) is 22.0. The summed E-state index contributed by atoms with van der Waals surface area (Å²) < 4.78 is 61.5. The van der Waals surface area contributed by atoms with Gasteiger partial charge in [0.05, 0.1) is 25.9 Å². The Morgan fingerprint density at radius 1 is 1.00 bits per heavy atom. The van der Waals surface area contributed by atoms with Crippen molar-refractivity contribution in [3.8, 4) is 0 Å². The first-order valence-corrected chi connectivity index (χ1v) is 16.5. The van der Waals surface area contributed by atoms with E-state index in [4.69, 9.17) is 39.2 Å². The standard InChI is InChI=1S/C21H28B2N10O11P2/c22-3-39-14-11(34)7(42-20(14)33-6-29-10-17(33)30-21(25)31-18(10)36)2-41-46(23,38)44-13-8(1-40-45-37)43-19(12(13)35)32-5-28-9-15(24)26-4-27-16(9)32/h4-8,11-14,19-20,34-35H,1-3,22-23H2,(H2,24,26,27)(H3,25,30,31,36). The van der Waals surface area contributed by atoms with Crippen LogP contribution >= 0.6 is 16.2 Å². The summed E-state index contributed by atoms with van der Waals surface area (Å²) in [5.41, 5.74) is 11.7. The van der Waals surface area contributed by atoms with E-state index in [1.54, 1.807) is 7.85 Å². The van der Waals surface area contributed by atoms with Crippen LogP contribution in [0, 0.1) is 0 Å². The number of imidazole rings is 2. The van der Waals surface area contributed by atoms with Crippen molar-refractivity contribution in [2.24, 2.45) is 0 Å². The molecule has 21 nitrogen and oxygen atoms in total. The average Bonchev–Trinajstić information content (AvgIpc) is 3.77. The second-order valence-corrected chi connectivity index (χ2v) is 12.8. The van der Waals surface area contributed by atoms with E-state index in [2.05, 4.69) is 29.9 Å². The molecule has 7 N–H and O–H groups in total. The minimum Gasteiger partial charge on any atom is -0.387 e. The van der Waals surface area contributed by atoms with Gasteiger partial charge in [0.1, 0.15) is 56.3 Å². The number of fused-ring (bicyclic) bond motifs is 2. The van der Waals surface area contributed by atoms with Crippen LogP contribution < -0.4 is 17.0 Å². The number of aromatic amines is 1. The van der Waals surface area contributed by atoms with Crippen LogP contribution in [-0.2, 0) is 36.9 Å². The highest BCUT2D eigenvalue weighted by Crippen LogP contribution is 2.49. The molecule has 244 valence electrons. The number of aliphatic hydroxyl groups is 2. The number of anilines is 2. The van der Waals surface area contributed by atoms with Crippen molar-refractivity contribution < 1.29 is 47.1 Å². The number of nitrogens with zero attached hydrogens (tertiary/aromatic N) is 7. The molecule has 4 aromatic rings. The Labute approximate surface area is 261 Å². The van der Waals surface area contributed by atoms with Gasteiger partial charge in [0.2, 0.25) is 5.95 Å². The second-order valence-electron chi connectivity index (χ2n) is 10.4. The van der Waals surface area contributed by atoms with Crippen LogP contribution in [0.3, 0.4) is 0 Å². The Hall–Kier alpha value is -3.36. The fourth-order valence-electron chi connectivity index (χ4n) is 5.42. The number of ether oxygens (including phenoxy) is 3. The van der Waals surface area contributed by atoms with Gasteiger partial charge < -0.3 is 44.9 Å². The maximum Gasteiger partial charge on any atom is 0.327 e. The highest BCUT2D eigenvalue weighted by atomic mass is 31.2. The SMILES string of the molecule is BCOC1C(O)C(COP(B)(=O)OC2C(COP=O)OC(n3cnc4c(N)ncnc43)C2O)OC1n1cnc2c(=O)[nH]c(N)nc21. The fourth-order valence-corrected chi connectivity index (χ4v) is 6.80. The van der Waals surface area contributed by atoms with Crippen LogP contribution in [0.1, 0.15) is 12.5 Å². The minimum absolute atomic E-state index is 0.000993. The van der Waals surface area contributed by atoms with E-state index in [1.165, 1.54) is 35.7 Å². The zero-order valence-corrected chi connectivity index (χ0v) is 26.0. The van der Waals surface area contributed by atoms with Crippen molar-refractivity contribution in [3.05, 3.63) is 29.3 Å². The minimum atomic E-state index is -4.03. The summed E-state index contributed by atoms with van der Waals surface area (Å²) in [7, 11) is -1.79. The maximum atomic E-state index is 13.6. The third kappa shape index (κ3) is 6.06. The van der Waals surface area contributed by atoms with Crippen LogP contribution in [0.5, 0.6) is 0 Å². The van der Waals surface area contributed by atoms with Crippen molar-refractivity contribution >= 4 is 65.7 Å². The Balaban J connectivity index is 1.18. The molecule has 0 amide bonds. The molecule has 0 aromatic carbocycles. The lowest BCUT2D eigenvalue weighted by molar-refractivity contribution is -0.0612. The monoisotopic (exact) mass is 680 g/mol. The van der Waals surface area contributed by atoms with E-state index < -0.39 is 77.4 Å². The summed E-state index contributed by atoms with van der Waals surface area (Å²) >= 11 is 0. The number of nitrogens with one attached hydrogen (secondary N) is 1. The Kier molecular flexibility index (Phi) is 9.23. The van der Waals surface area contributed by atoms with E-state index in [1.807, 2.05) is 0 Å². The number of aromatic nitrogens is 8. The van der Waals surface area contributed by atoms with Crippen LogP contribution in [0.4, 0.5) is 11.8 Å². The molecule has 0 aliphatic carbocycles. The molecule has 9 unspecified atom stereocenters. The fraction of sp³-hybridized carbons (Fsp3) is 0.524. The number of hydrogen-bond donors (Lipinski definition) is 5. The summed E-state index contributed by atoms with van der Waals surface area (Å²) in [6.07, 6.45) is -5.45. The molecule has 46 heavy (non-hydrogen) atoms. The van der Waals surface area contributed by atoms with Crippen molar-refractivity contribution in [2.45, 2.75) is 49.1 Å². The van der Waals surface area contributed by atoms with Crippen LogP contribution in [0.15, 0.2) is 23.8 Å². The van der Waals surface area contributed by atoms with E-state index in [-0.39, 0.29) is 47.2 Å². The zero-order valence-electron chi connectivity index (χ0n) is 24.2. The van der Waals surface area contributed by atoms with E-state index in [0.29, 0.717) is 0 Å². The number of H-pyrrole nitrogens is 1. The number of nitrogens with two attached hydrogens (primary N) is 2. The molecule has 9 atom stereocenters. The Bertz CT molecular complexity index is 1850. The summed E-state index contributed by atoms with van der Waals surface area (Å²) in [5, 5.41) is 22.3. The summed E-state index contributed by atoms with van der Waals surface area (Å²) in [5.74, 6) is -0.0342. The Morgan fingerprint density at radius 2 is 1.72 bits per heavy atom. The molecule has 0 spiro atoms. The molecule has 0 radical (unpaired) electrons. The first-order valence-electron chi connectivity index (χ1n) is 13.8. The molecule has 25 heteroatoms. The lowest BCUT2D eigenvalue weighted by atomic mass is 10.1. The number of nitrogen functional groups attached to an aromatic ring is 2. The van der Waals surface area contributed by atoms with Gasteiger partial charge in [-0.3, -0.25) is 28.0 Å². The van der Waals surface area contributed by atoms with E-state index in [0.717, 1.165) is 0 Å². The molecular weight excluding hydrogens is 652 g/mol. The van der Waals surface area contributed by atoms with Gasteiger partial charge in [-0.1, -0.05) is 0 Å². The zero-order chi connectivity index (χ0) is 32.7. The number of hydrogen-bond acceptors (Lipinski definition) is 18. The summed E-state index contributed by atoms with van der Waals surface area (Å²) in [6.45, 7) is -0.547. The van der Waals surface area contributed by atoms with Crippen molar-refractivity contribution in [1.82, 2.24) is 39.0 Å². The molecule has 6 rings (SSSR count). The van der Waals surface area contributed by atoms with Crippen LogP contribution in [-0.4, -0.2) is 121 Å². The predicted octanol–water partition coefficient (Wildman–Crippen LogP) is -3.02. The van der Waals surface area contributed by atoms with E-state index >= 15 is 0 Å². The molecular formula is C21H28B2N10O11P2.